The van der Waals surface area contributed by atoms with Gasteiger partial charge in [-0.3, -0.25) is 4.68 Å². The molecule has 0 saturated carbocycles. The zero-order valence-electron chi connectivity index (χ0n) is 19.6. The second-order valence-corrected chi connectivity index (χ2v) is 8.84. The van der Waals surface area contributed by atoms with Gasteiger partial charge in [-0.1, -0.05) is 12.1 Å². The van der Waals surface area contributed by atoms with Gasteiger partial charge in [-0.15, -0.1) is 0 Å². The maximum Gasteiger partial charge on any atom is 0.419 e. The van der Waals surface area contributed by atoms with Gasteiger partial charge in [-0.25, -0.2) is 14.3 Å². The average molecular weight is 487 g/mol. The molecule has 0 radical (unpaired) electrons. The van der Waals surface area contributed by atoms with Crippen molar-refractivity contribution in [1.82, 2.24) is 19.3 Å². The molecule has 1 aromatic carbocycles. The molecule has 35 heavy (non-hydrogen) atoms. The SMILES string of the molecule is COc1ccccc1Nc1cc2c(cn1)cc(-c1cnn(CC(F)(F)F)c1)n2C(=O)OC(C)(C)C. The van der Waals surface area contributed by atoms with E-state index in [2.05, 4.69) is 15.4 Å². The molecular formula is C24H24F3N5O3. The molecule has 0 aliphatic heterocycles. The van der Waals surface area contributed by atoms with Crippen LogP contribution in [0.25, 0.3) is 22.2 Å². The molecule has 3 aromatic heterocycles. The van der Waals surface area contributed by atoms with E-state index >= 15 is 0 Å². The number of ether oxygens (including phenoxy) is 2. The summed E-state index contributed by atoms with van der Waals surface area (Å²) in [5, 5.41) is 7.57. The van der Waals surface area contributed by atoms with E-state index in [4.69, 9.17) is 9.47 Å². The Morgan fingerprint density at radius 2 is 1.86 bits per heavy atom. The summed E-state index contributed by atoms with van der Waals surface area (Å²) >= 11 is 0. The van der Waals surface area contributed by atoms with Gasteiger partial charge in [0, 0.05) is 29.4 Å². The topological polar surface area (TPSA) is 83.2 Å². The molecule has 8 nitrogen and oxygen atoms in total. The van der Waals surface area contributed by atoms with E-state index in [1.54, 1.807) is 52.3 Å². The molecule has 0 saturated heterocycles. The highest BCUT2D eigenvalue weighted by molar-refractivity contribution is 5.97. The van der Waals surface area contributed by atoms with Crippen LogP contribution >= 0.6 is 0 Å². The Morgan fingerprint density at radius 1 is 1.11 bits per heavy atom. The fraction of sp³-hybridized carbons (Fsp3) is 0.292. The lowest BCUT2D eigenvalue weighted by molar-refractivity contribution is -0.142. The summed E-state index contributed by atoms with van der Waals surface area (Å²) in [5.41, 5.74) is 1.00. The van der Waals surface area contributed by atoms with E-state index in [1.807, 2.05) is 18.2 Å². The lowest BCUT2D eigenvalue weighted by atomic mass is 10.2. The number of hydrogen-bond acceptors (Lipinski definition) is 6. The number of fused-ring (bicyclic) bond motifs is 1. The van der Waals surface area contributed by atoms with Crippen LogP contribution < -0.4 is 10.1 Å². The number of rotatable bonds is 5. The van der Waals surface area contributed by atoms with Gasteiger partial charge >= 0.3 is 12.3 Å². The zero-order valence-corrected chi connectivity index (χ0v) is 19.6. The van der Waals surface area contributed by atoms with E-state index in [0.717, 1.165) is 4.68 Å². The van der Waals surface area contributed by atoms with Crippen molar-refractivity contribution in [3.05, 3.63) is 55.0 Å². The maximum atomic E-state index is 13.2. The van der Waals surface area contributed by atoms with Crippen molar-refractivity contribution in [2.24, 2.45) is 0 Å². The number of methoxy groups -OCH3 is 1. The van der Waals surface area contributed by atoms with Crippen molar-refractivity contribution >= 4 is 28.5 Å². The van der Waals surface area contributed by atoms with Crippen LogP contribution in [0, 0.1) is 0 Å². The van der Waals surface area contributed by atoms with E-state index in [-0.39, 0.29) is 0 Å². The molecule has 4 aromatic rings. The number of halogens is 3. The lowest BCUT2D eigenvalue weighted by Gasteiger charge is -2.21. The molecule has 0 aliphatic carbocycles. The van der Waals surface area contributed by atoms with Gasteiger partial charge in [0.05, 0.1) is 30.2 Å². The molecule has 0 spiro atoms. The number of nitrogens with one attached hydrogen (secondary N) is 1. The molecule has 4 rings (SSSR count). The van der Waals surface area contributed by atoms with Gasteiger partial charge in [0.1, 0.15) is 23.7 Å². The van der Waals surface area contributed by atoms with E-state index in [9.17, 15) is 18.0 Å². The van der Waals surface area contributed by atoms with Gasteiger partial charge in [0.15, 0.2) is 0 Å². The molecule has 0 aliphatic rings. The highest BCUT2D eigenvalue weighted by atomic mass is 19.4. The van der Waals surface area contributed by atoms with Crippen molar-refractivity contribution in [2.75, 3.05) is 12.4 Å². The number of nitrogens with zero attached hydrogens (tertiary/aromatic N) is 4. The van der Waals surface area contributed by atoms with E-state index in [1.165, 1.54) is 17.0 Å². The first-order valence-corrected chi connectivity index (χ1v) is 10.7. The first-order valence-electron chi connectivity index (χ1n) is 10.7. The van der Waals surface area contributed by atoms with Crippen molar-refractivity contribution in [1.29, 1.82) is 0 Å². The lowest BCUT2D eigenvalue weighted by Crippen LogP contribution is -2.27. The molecule has 0 amide bonds. The third-order valence-electron chi connectivity index (χ3n) is 4.90. The number of carbonyl (C=O) groups is 1. The second kappa shape index (κ2) is 8.97. The largest absolute Gasteiger partial charge is 0.495 e. The van der Waals surface area contributed by atoms with Crippen LogP contribution in [0.1, 0.15) is 20.8 Å². The number of benzene rings is 1. The minimum atomic E-state index is -4.43. The highest BCUT2D eigenvalue weighted by Crippen LogP contribution is 2.32. The van der Waals surface area contributed by atoms with Gasteiger partial charge in [-0.05, 0) is 39.0 Å². The first-order chi connectivity index (χ1) is 16.4. The fourth-order valence-electron chi connectivity index (χ4n) is 3.54. The smallest absolute Gasteiger partial charge is 0.419 e. The normalized spacial score (nSPS) is 12.1. The van der Waals surface area contributed by atoms with E-state index < -0.39 is 24.4 Å². The second-order valence-electron chi connectivity index (χ2n) is 8.84. The van der Waals surface area contributed by atoms with Crippen LogP contribution in [0.3, 0.4) is 0 Å². The van der Waals surface area contributed by atoms with Crippen LogP contribution in [0.5, 0.6) is 5.75 Å². The quantitative estimate of drug-likeness (QED) is 0.372. The van der Waals surface area contributed by atoms with Crippen LogP contribution in [0.2, 0.25) is 0 Å². The summed E-state index contributed by atoms with van der Waals surface area (Å²) in [5.74, 6) is 1.04. The molecular weight excluding hydrogens is 463 g/mol. The summed E-state index contributed by atoms with van der Waals surface area (Å²) in [6, 6.07) is 10.6. The van der Waals surface area contributed by atoms with Crippen molar-refractivity contribution < 1.29 is 27.4 Å². The molecule has 184 valence electrons. The number of carbonyl (C=O) groups excluding carboxylic acids is 1. The van der Waals surface area contributed by atoms with Gasteiger partial charge in [0.25, 0.3) is 0 Å². The summed E-state index contributed by atoms with van der Waals surface area (Å²) < 4.78 is 51.5. The Hall–Kier alpha value is -4.02. The molecule has 11 heteroatoms. The number of para-hydroxylation sites is 2. The standard InChI is InChI=1S/C24H24F3N5O3/c1-23(2,3)35-22(33)32-18(16-12-29-31(13-16)14-24(25,26)27)9-15-11-28-21(10-19(15)32)30-17-7-5-6-8-20(17)34-4/h5-13H,14H2,1-4H3,(H,28,30). The predicted octanol–water partition coefficient (Wildman–Crippen LogP) is 6.00. The Bertz CT molecular complexity index is 1370. The number of pyridine rings is 1. The van der Waals surface area contributed by atoms with Crippen molar-refractivity contribution in [3.8, 4) is 17.0 Å². The van der Waals surface area contributed by atoms with Gasteiger partial charge in [0.2, 0.25) is 0 Å². The maximum absolute atomic E-state index is 13.2. The fourth-order valence-corrected chi connectivity index (χ4v) is 3.54. The number of aromatic nitrogens is 4. The Morgan fingerprint density at radius 3 is 2.54 bits per heavy atom. The average Bonchev–Trinajstić information content (AvgIpc) is 3.35. The molecule has 0 fully saturated rings. The molecule has 0 bridgehead atoms. The molecule has 0 unspecified atom stereocenters. The monoisotopic (exact) mass is 487 g/mol. The minimum Gasteiger partial charge on any atom is -0.495 e. The van der Waals surface area contributed by atoms with Crippen LogP contribution in [0.15, 0.2) is 55.0 Å². The highest BCUT2D eigenvalue weighted by Gasteiger charge is 2.29. The summed E-state index contributed by atoms with van der Waals surface area (Å²) in [6.45, 7) is 3.95. The van der Waals surface area contributed by atoms with Crippen molar-refractivity contribution in [3.63, 3.8) is 0 Å². The Kier molecular flexibility index (Phi) is 6.18. The number of alkyl halides is 3. The number of anilines is 2. The predicted molar refractivity (Wildman–Crippen MR) is 125 cm³/mol. The molecule has 1 N–H and O–H groups in total. The van der Waals surface area contributed by atoms with Crippen molar-refractivity contribution in [2.45, 2.75) is 39.1 Å². The van der Waals surface area contributed by atoms with Crippen LogP contribution in [0.4, 0.5) is 29.5 Å². The van der Waals surface area contributed by atoms with Gasteiger partial charge < -0.3 is 14.8 Å². The summed E-state index contributed by atoms with van der Waals surface area (Å²) in [4.78, 5) is 17.6. The molecule has 3 heterocycles. The van der Waals surface area contributed by atoms with Crippen LogP contribution in [-0.2, 0) is 11.3 Å². The number of hydrogen-bond donors (Lipinski definition) is 1. The van der Waals surface area contributed by atoms with Crippen LogP contribution in [-0.4, -0.2) is 44.3 Å². The Labute approximate surface area is 199 Å². The molecule has 0 atom stereocenters. The van der Waals surface area contributed by atoms with E-state index in [0.29, 0.717) is 39.4 Å². The van der Waals surface area contributed by atoms with Gasteiger partial charge in [-0.2, -0.15) is 18.3 Å². The third kappa shape index (κ3) is 5.56. The summed E-state index contributed by atoms with van der Waals surface area (Å²) in [6.07, 6.45) is -1.02. The Balaban J connectivity index is 1.80. The third-order valence-corrected chi connectivity index (χ3v) is 4.90. The minimum absolute atomic E-state index is 0.329. The zero-order chi connectivity index (χ0) is 25.4. The summed E-state index contributed by atoms with van der Waals surface area (Å²) in [7, 11) is 1.55. The first kappa shape index (κ1) is 24.1.